The maximum atomic E-state index is 11.6. The Morgan fingerprint density at radius 1 is 1.47 bits per heavy atom. The molecule has 0 aliphatic heterocycles. The van der Waals surface area contributed by atoms with E-state index in [9.17, 15) is 4.79 Å². The Labute approximate surface area is 118 Å². The Bertz CT molecular complexity index is 407. The van der Waals surface area contributed by atoms with E-state index in [0.717, 1.165) is 12.8 Å². The molecule has 0 radical (unpaired) electrons. The highest BCUT2D eigenvalue weighted by Gasteiger charge is 2.15. The first-order valence-corrected chi connectivity index (χ1v) is 6.58. The van der Waals surface area contributed by atoms with Gasteiger partial charge in [0.05, 0.1) is 11.9 Å². The van der Waals surface area contributed by atoms with Crippen LogP contribution in [0.2, 0.25) is 5.15 Å². The van der Waals surface area contributed by atoms with Crippen molar-refractivity contribution in [2.75, 3.05) is 18.5 Å². The highest BCUT2D eigenvalue weighted by molar-refractivity contribution is 6.29. The highest BCUT2D eigenvalue weighted by atomic mass is 35.5. The molecule has 0 aliphatic carbocycles. The van der Waals surface area contributed by atoms with Crippen LogP contribution in [-0.4, -0.2) is 29.3 Å². The molecule has 0 fully saturated rings. The van der Waals surface area contributed by atoms with Crippen molar-refractivity contribution in [3.05, 3.63) is 23.5 Å². The zero-order valence-corrected chi connectivity index (χ0v) is 12.0. The first-order valence-electron chi connectivity index (χ1n) is 6.20. The van der Waals surface area contributed by atoms with Gasteiger partial charge < -0.3 is 15.7 Å². The van der Waals surface area contributed by atoms with Gasteiger partial charge in [-0.2, -0.15) is 0 Å². The van der Waals surface area contributed by atoms with Gasteiger partial charge in [0.25, 0.3) is 0 Å². The quantitative estimate of drug-likeness (QED) is 0.556. The molecule has 0 bridgehead atoms. The zero-order valence-electron chi connectivity index (χ0n) is 11.2. The topological polar surface area (TPSA) is 74.2 Å². The number of amides is 2. The van der Waals surface area contributed by atoms with Gasteiger partial charge >= 0.3 is 6.03 Å². The lowest BCUT2D eigenvalue weighted by molar-refractivity contribution is 0.148. The number of urea groups is 1. The normalized spacial score (nSPS) is 11.2. The Kier molecular flexibility index (Phi) is 6.05. The average molecular weight is 286 g/mol. The van der Waals surface area contributed by atoms with E-state index in [1.807, 2.05) is 13.8 Å². The number of nitrogens with zero attached hydrogens (tertiary/aromatic N) is 1. The van der Waals surface area contributed by atoms with E-state index >= 15 is 0 Å². The second-order valence-electron chi connectivity index (χ2n) is 5.18. The molecule has 1 aromatic heterocycles. The summed E-state index contributed by atoms with van der Waals surface area (Å²) in [7, 11) is 0. The van der Waals surface area contributed by atoms with Crippen molar-refractivity contribution >= 4 is 23.3 Å². The van der Waals surface area contributed by atoms with Crippen molar-refractivity contribution in [2.24, 2.45) is 5.41 Å². The van der Waals surface area contributed by atoms with Crippen LogP contribution in [0.1, 0.15) is 26.7 Å². The van der Waals surface area contributed by atoms with Crippen molar-refractivity contribution in [3.8, 4) is 0 Å². The minimum atomic E-state index is -0.272. The number of aromatic nitrogens is 1. The molecule has 3 N–H and O–H groups in total. The third-order valence-electron chi connectivity index (χ3n) is 2.73. The highest BCUT2D eigenvalue weighted by Crippen LogP contribution is 2.20. The lowest BCUT2D eigenvalue weighted by atomic mass is 9.89. The van der Waals surface area contributed by atoms with E-state index in [-0.39, 0.29) is 18.1 Å². The molecule has 1 rings (SSSR count). The fourth-order valence-electron chi connectivity index (χ4n) is 1.47. The first-order chi connectivity index (χ1) is 8.93. The Balaban J connectivity index is 2.23. The number of hydrogen-bond acceptors (Lipinski definition) is 3. The lowest BCUT2D eigenvalue weighted by Gasteiger charge is -2.21. The molecule has 0 spiro atoms. The summed E-state index contributed by atoms with van der Waals surface area (Å²) >= 11 is 5.65. The molecule has 0 saturated carbocycles. The van der Waals surface area contributed by atoms with Gasteiger partial charge in [-0.1, -0.05) is 25.4 Å². The van der Waals surface area contributed by atoms with Crippen LogP contribution in [0, 0.1) is 5.41 Å². The third kappa shape index (κ3) is 6.40. The second kappa shape index (κ2) is 7.31. The van der Waals surface area contributed by atoms with Crippen LogP contribution in [0.3, 0.4) is 0 Å². The van der Waals surface area contributed by atoms with Crippen molar-refractivity contribution in [3.63, 3.8) is 0 Å². The Morgan fingerprint density at radius 3 is 2.79 bits per heavy atom. The number of aliphatic hydroxyl groups is 1. The summed E-state index contributed by atoms with van der Waals surface area (Å²) in [6.45, 7) is 4.70. The van der Waals surface area contributed by atoms with E-state index in [1.165, 1.54) is 6.20 Å². The van der Waals surface area contributed by atoms with Crippen LogP contribution in [0.15, 0.2) is 18.3 Å². The van der Waals surface area contributed by atoms with Crippen LogP contribution >= 0.6 is 11.6 Å². The standard InChI is InChI=1S/C13H20ClN3O2/c1-13(2,9-18)6-3-7-15-12(19)17-10-4-5-11(14)16-8-10/h4-5,8,18H,3,6-7,9H2,1-2H3,(H2,15,17,19). The maximum Gasteiger partial charge on any atom is 0.319 e. The zero-order chi connectivity index (χ0) is 14.3. The molecule has 0 unspecified atom stereocenters. The molecule has 19 heavy (non-hydrogen) atoms. The predicted octanol–water partition coefficient (Wildman–Crippen LogP) is 2.66. The summed E-state index contributed by atoms with van der Waals surface area (Å²) in [4.78, 5) is 15.4. The number of carbonyl (C=O) groups excluding carboxylic acids is 1. The van der Waals surface area contributed by atoms with Crippen LogP contribution < -0.4 is 10.6 Å². The van der Waals surface area contributed by atoms with E-state index < -0.39 is 0 Å². The molecule has 0 saturated heterocycles. The van der Waals surface area contributed by atoms with E-state index in [2.05, 4.69) is 15.6 Å². The Morgan fingerprint density at radius 2 is 2.21 bits per heavy atom. The SMILES string of the molecule is CC(C)(CO)CCCNC(=O)Nc1ccc(Cl)nc1. The molecule has 0 atom stereocenters. The largest absolute Gasteiger partial charge is 0.396 e. The fourth-order valence-corrected chi connectivity index (χ4v) is 1.58. The van der Waals surface area contributed by atoms with Crippen molar-refractivity contribution < 1.29 is 9.90 Å². The molecule has 1 aromatic rings. The third-order valence-corrected chi connectivity index (χ3v) is 2.95. The molecule has 6 heteroatoms. The summed E-state index contributed by atoms with van der Waals surface area (Å²) in [6, 6.07) is 3.02. The molecular weight excluding hydrogens is 266 g/mol. The fraction of sp³-hybridized carbons (Fsp3) is 0.538. The summed E-state index contributed by atoms with van der Waals surface area (Å²) in [5.74, 6) is 0. The smallest absolute Gasteiger partial charge is 0.319 e. The summed E-state index contributed by atoms with van der Waals surface area (Å²) in [6.07, 6.45) is 3.17. The molecule has 1 heterocycles. The molecule has 106 valence electrons. The van der Waals surface area contributed by atoms with Crippen LogP contribution in [0.5, 0.6) is 0 Å². The van der Waals surface area contributed by atoms with E-state index in [0.29, 0.717) is 17.4 Å². The van der Waals surface area contributed by atoms with Gasteiger partial charge in [-0.05, 0) is 30.4 Å². The average Bonchev–Trinajstić information content (AvgIpc) is 2.38. The Hall–Kier alpha value is -1.33. The number of nitrogens with one attached hydrogen (secondary N) is 2. The van der Waals surface area contributed by atoms with Gasteiger partial charge in [0, 0.05) is 13.2 Å². The maximum absolute atomic E-state index is 11.6. The predicted molar refractivity (Wildman–Crippen MR) is 76.4 cm³/mol. The summed E-state index contributed by atoms with van der Waals surface area (Å²) in [5.41, 5.74) is 0.496. The van der Waals surface area contributed by atoms with E-state index in [1.54, 1.807) is 12.1 Å². The minimum Gasteiger partial charge on any atom is -0.396 e. The van der Waals surface area contributed by atoms with Gasteiger partial charge in [-0.3, -0.25) is 0 Å². The lowest BCUT2D eigenvalue weighted by Crippen LogP contribution is -2.30. The molecule has 5 nitrogen and oxygen atoms in total. The number of halogens is 1. The van der Waals surface area contributed by atoms with Gasteiger partial charge in [0.1, 0.15) is 5.15 Å². The van der Waals surface area contributed by atoms with E-state index in [4.69, 9.17) is 16.7 Å². The number of anilines is 1. The minimum absolute atomic E-state index is 0.0990. The van der Waals surface area contributed by atoms with Crippen molar-refractivity contribution in [1.29, 1.82) is 0 Å². The number of hydrogen-bond donors (Lipinski definition) is 3. The van der Waals surface area contributed by atoms with Crippen molar-refractivity contribution in [1.82, 2.24) is 10.3 Å². The summed E-state index contributed by atoms with van der Waals surface area (Å²) < 4.78 is 0. The number of carbonyl (C=O) groups is 1. The number of rotatable bonds is 6. The second-order valence-corrected chi connectivity index (χ2v) is 5.56. The molecular formula is C13H20ClN3O2. The van der Waals surface area contributed by atoms with Gasteiger partial charge in [0.2, 0.25) is 0 Å². The van der Waals surface area contributed by atoms with Gasteiger partial charge in [0.15, 0.2) is 0 Å². The molecule has 2 amide bonds. The monoisotopic (exact) mass is 285 g/mol. The number of pyridine rings is 1. The van der Waals surface area contributed by atoms with Gasteiger partial charge in [-0.25, -0.2) is 9.78 Å². The number of aliphatic hydroxyl groups excluding tert-OH is 1. The van der Waals surface area contributed by atoms with Crippen LogP contribution in [0.25, 0.3) is 0 Å². The first kappa shape index (κ1) is 15.7. The molecule has 0 aromatic carbocycles. The van der Waals surface area contributed by atoms with Crippen molar-refractivity contribution in [2.45, 2.75) is 26.7 Å². The van der Waals surface area contributed by atoms with Gasteiger partial charge in [-0.15, -0.1) is 0 Å². The van der Waals surface area contributed by atoms with Crippen LogP contribution in [-0.2, 0) is 0 Å². The summed E-state index contributed by atoms with van der Waals surface area (Å²) in [5, 5.41) is 14.9. The molecule has 0 aliphatic rings. The van der Waals surface area contributed by atoms with Crippen LogP contribution in [0.4, 0.5) is 10.5 Å².